The zero-order valence-electron chi connectivity index (χ0n) is 17.5. The third-order valence-corrected chi connectivity index (χ3v) is 6.01. The van der Waals surface area contributed by atoms with Crippen molar-refractivity contribution in [1.29, 1.82) is 0 Å². The number of ether oxygens (including phenoxy) is 2. The summed E-state index contributed by atoms with van der Waals surface area (Å²) in [5.41, 5.74) is 0.0309. The molecular weight excluding hydrogens is 368 g/mol. The van der Waals surface area contributed by atoms with Crippen molar-refractivity contribution in [2.75, 3.05) is 0 Å². The lowest BCUT2D eigenvalue weighted by Gasteiger charge is -2.35. The molecule has 1 fully saturated rings. The van der Waals surface area contributed by atoms with Gasteiger partial charge in [-0.1, -0.05) is 45.1 Å². The van der Waals surface area contributed by atoms with Gasteiger partial charge in [-0.25, -0.2) is 0 Å². The molecule has 1 aliphatic carbocycles. The van der Waals surface area contributed by atoms with Crippen LogP contribution in [-0.4, -0.2) is 23.1 Å². The summed E-state index contributed by atoms with van der Waals surface area (Å²) in [6.07, 6.45) is 15.2. The highest BCUT2D eigenvalue weighted by atomic mass is 16.6. The summed E-state index contributed by atoms with van der Waals surface area (Å²) < 4.78 is 11.2. The van der Waals surface area contributed by atoms with E-state index in [1.165, 1.54) is 25.3 Å². The molecule has 156 valence electrons. The Bertz CT molecular complexity index is 813. The molecule has 3 rings (SSSR count). The minimum atomic E-state index is -1.34. The van der Waals surface area contributed by atoms with Crippen LogP contribution in [0, 0.1) is 11.8 Å². The van der Waals surface area contributed by atoms with Crippen LogP contribution in [-0.2, 0) is 23.9 Å². The molecule has 2 aliphatic heterocycles. The van der Waals surface area contributed by atoms with Gasteiger partial charge < -0.3 is 9.47 Å². The maximum Gasteiger partial charge on any atom is 0.318 e. The molecule has 3 atom stereocenters. The number of carbonyl (C=O) groups excluding carboxylic acids is 3. The number of rotatable bonds is 9. The van der Waals surface area contributed by atoms with Gasteiger partial charge in [-0.3, -0.25) is 14.4 Å². The summed E-state index contributed by atoms with van der Waals surface area (Å²) in [5.74, 6) is -2.00. The lowest BCUT2D eigenvalue weighted by molar-refractivity contribution is -0.156. The molecule has 5 heteroatoms. The molecule has 0 radical (unpaired) electrons. The number of hydrogen-bond donors (Lipinski definition) is 0. The fourth-order valence-corrected chi connectivity index (χ4v) is 4.41. The van der Waals surface area contributed by atoms with E-state index < -0.39 is 23.4 Å². The molecule has 0 aromatic heterocycles. The van der Waals surface area contributed by atoms with Crippen molar-refractivity contribution in [3.8, 4) is 0 Å². The number of Topliss-reactive ketones (excluding diaryl/α,β-unsaturated/α-hetero) is 1. The number of allylic oxidation sites excluding steroid dienone is 4. The van der Waals surface area contributed by atoms with Crippen molar-refractivity contribution in [2.45, 2.75) is 71.3 Å². The van der Waals surface area contributed by atoms with E-state index in [4.69, 9.17) is 9.47 Å². The average Bonchev–Trinajstić information content (AvgIpc) is 2.97. The number of esters is 1. The fourth-order valence-electron chi connectivity index (χ4n) is 4.41. The summed E-state index contributed by atoms with van der Waals surface area (Å²) in [6, 6.07) is 0. The lowest BCUT2D eigenvalue weighted by atomic mass is 9.67. The van der Waals surface area contributed by atoms with Gasteiger partial charge in [0.2, 0.25) is 0 Å². The van der Waals surface area contributed by atoms with Crippen LogP contribution in [0.5, 0.6) is 0 Å². The van der Waals surface area contributed by atoms with Crippen LogP contribution in [0.2, 0.25) is 0 Å². The van der Waals surface area contributed by atoms with Gasteiger partial charge in [0.1, 0.15) is 17.5 Å². The van der Waals surface area contributed by atoms with Crippen LogP contribution < -0.4 is 0 Å². The van der Waals surface area contributed by atoms with Crippen LogP contribution in [0.25, 0.3) is 0 Å². The molecule has 2 heterocycles. The SMILES string of the molecule is C/C=C/C1=CC2=CC(=O)C3(C)OC(=O)C(C(=O)CCCCCCCC)C3C2=CO1. The standard InChI is InChI=1S/C24H30O5/c1-4-6-7-8-9-10-12-19(25)21-22-18-15-28-17(11-5-2)13-16(18)14-20(26)24(22,3)29-23(21)27/h5,11,13-15,21-22H,4,6-10,12H2,1-3H3/b11-5+. The fraction of sp³-hybridized carbons (Fsp3) is 0.542. The summed E-state index contributed by atoms with van der Waals surface area (Å²) in [4.78, 5) is 38.4. The lowest BCUT2D eigenvalue weighted by Crippen LogP contribution is -2.46. The first-order valence-electron chi connectivity index (χ1n) is 10.7. The Morgan fingerprint density at radius 2 is 1.86 bits per heavy atom. The molecule has 3 unspecified atom stereocenters. The van der Waals surface area contributed by atoms with Crippen molar-refractivity contribution in [1.82, 2.24) is 0 Å². The number of carbonyl (C=O) groups is 3. The number of hydrogen-bond acceptors (Lipinski definition) is 5. The van der Waals surface area contributed by atoms with E-state index in [-0.39, 0.29) is 11.6 Å². The zero-order valence-corrected chi connectivity index (χ0v) is 17.5. The first-order chi connectivity index (χ1) is 13.9. The highest BCUT2D eigenvalue weighted by Gasteiger charge is 2.62. The van der Waals surface area contributed by atoms with Crippen molar-refractivity contribution in [3.63, 3.8) is 0 Å². The molecule has 3 aliphatic rings. The normalized spacial score (nSPS) is 28.2. The van der Waals surface area contributed by atoms with Crippen molar-refractivity contribution >= 4 is 17.5 Å². The van der Waals surface area contributed by atoms with Crippen LogP contribution in [0.4, 0.5) is 0 Å². The summed E-state index contributed by atoms with van der Waals surface area (Å²) in [7, 11) is 0. The molecule has 0 N–H and O–H groups in total. The summed E-state index contributed by atoms with van der Waals surface area (Å²) in [5, 5.41) is 0. The van der Waals surface area contributed by atoms with E-state index in [9.17, 15) is 14.4 Å². The van der Waals surface area contributed by atoms with E-state index in [2.05, 4.69) is 6.92 Å². The Hall–Kier alpha value is -2.43. The van der Waals surface area contributed by atoms with Gasteiger partial charge in [0.15, 0.2) is 11.4 Å². The van der Waals surface area contributed by atoms with Gasteiger partial charge in [-0.05, 0) is 44.1 Å². The number of fused-ring (bicyclic) bond motifs is 3. The van der Waals surface area contributed by atoms with E-state index in [0.717, 1.165) is 19.3 Å². The predicted molar refractivity (Wildman–Crippen MR) is 110 cm³/mol. The van der Waals surface area contributed by atoms with Gasteiger partial charge in [-0.15, -0.1) is 0 Å². The second kappa shape index (κ2) is 8.93. The van der Waals surface area contributed by atoms with Crippen LogP contribution in [0.15, 0.2) is 47.5 Å². The van der Waals surface area contributed by atoms with Gasteiger partial charge in [-0.2, -0.15) is 0 Å². The first-order valence-corrected chi connectivity index (χ1v) is 10.7. The van der Waals surface area contributed by atoms with E-state index in [1.54, 1.807) is 25.3 Å². The van der Waals surface area contributed by atoms with Crippen LogP contribution in [0.1, 0.15) is 65.7 Å². The average molecular weight is 398 g/mol. The molecule has 0 saturated carbocycles. The summed E-state index contributed by atoms with van der Waals surface area (Å²) >= 11 is 0. The number of unbranched alkanes of at least 4 members (excludes halogenated alkanes) is 5. The van der Waals surface area contributed by atoms with Gasteiger partial charge in [0, 0.05) is 12.0 Å². The maximum absolute atomic E-state index is 13.0. The minimum absolute atomic E-state index is 0.141. The molecule has 0 amide bonds. The molecule has 0 bridgehead atoms. The highest BCUT2D eigenvalue weighted by molar-refractivity contribution is 6.09. The minimum Gasteiger partial charge on any atom is -0.465 e. The largest absolute Gasteiger partial charge is 0.465 e. The van der Waals surface area contributed by atoms with E-state index in [1.807, 2.05) is 13.0 Å². The smallest absolute Gasteiger partial charge is 0.318 e. The Balaban J connectivity index is 1.77. The van der Waals surface area contributed by atoms with Gasteiger partial charge in [0.25, 0.3) is 0 Å². The van der Waals surface area contributed by atoms with E-state index >= 15 is 0 Å². The Kier molecular flexibility index (Phi) is 6.56. The van der Waals surface area contributed by atoms with Crippen LogP contribution >= 0.6 is 0 Å². The second-order valence-corrected chi connectivity index (χ2v) is 8.17. The Morgan fingerprint density at radius 1 is 1.14 bits per heavy atom. The maximum atomic E-state index is 13.0. The second-order valence-electron chi connectivity index (χ2n) is 8.17. The molecular formula is C24H30O5. The molecule has 29 heavy (non-hydrogen) atoms. The first kappa shape index (κ1) is 21.3. The monoisotopic (exact) mass is 398 g/mol. The topological polar surface area (TPSA) is 69.7 Å². The Labute approximate surface area is 172 Å². The highest BCUT2D eigenvalue weighted by Crippen LogP contribution is 2.50. The van der Waals surface area contributed by atoms with E-state index in [0.29, 0.717) is 23.3 Å². The number of ketones is 2. The molecule has 5 nitrogen and oxygen atoms in total. The quantitative estimate of drug-likeness (QED) is 0.319. The van der Waals surface area contributed by atoms with Crippen molar-refractivity contribution in [3.05, 3.63) is 47.5 Å². The molecule has 0 spiro atoms. The van der Waals surface area contributed by atoms with Gasteiger partial charge in [0.05, 0.1) is 12.2 Å². The predicted octanol–water partition coefficient (Wildman–Crippen LogP) is 4.74. The zero-order chi connectivity index (χ0) is 21.0. The van der Waals surface area contributed by atoms with Crippen LogP contribution in [0.3, 0.4) is 0 Å². The Morgan fingerprint density at radius 3 is 2.59 bits per heavy atom. The van der Waals surface area contributed by atoms with Gasteiger partial charge >= 0.3 is 5.97 Å². The third kappa shape index (κ3) is 4.14. The van der Waals surface area contributed by atoms with Crippen molar-refractivity contribution in [2.24, 2.45) is 11.8 Å². The third-order valence-electron chi connectivity index (χ3n) is 6.01. The summed E-state index contributed by atoms with van der Waals surface area (Å²) in [6.45, 7) is 5.65. The molecule has 0 aromatic rings. The molecule has 0 aromatic carbocycles. The van der Waals surface area contributed by atoms with Crippen molar-refractivity contribution < 1.29 is 23.9 Å². The molecule has 1 saturated heterocycles.